The smallest absolute Gasteiger partial charge is 0.338 e. The minimum absolute atomic E-state index is 0.00582. The number of halogens is 3. The molecule has 0 spiro atoms. The predicted octanol–water partition coefficient (Wildman–Crippen LogP) is 8.20. The van der Waals surface area contributed by atoms with E-state index in [1.54, 1.807) is 93.6 Å². The van der Waals surface area contributed by atoms with Crippen molar-refractivity contribution >= 4 is 82.5 Å². The summed E-state index contributed by atoms with van der Waals surface area (Å²) in [5, 5.41) is 8.42. The van der Waals surface area contributed by atoms with Gasteiger partial charge in [0, 0.05) is 6.92 Å². The molecule has 0 amide bonds. The van der Waals surface area contributed by atoms with Crippen LogP contribution in [0.3, 0.4) is 0 Å². The van der Waals surface area contributed by atoms with Crippen molar-refractivity contribution in [3.8, 4) is 0 Å². The molecule has 2 saturated heterocycles. The molecule has 0 unspecified atom stereocenters. The summed E-state index contributed by atoms with van der Waals surface area (Å²) in [6.45, 7) is 8.73. The van der Waals surface area contributed by atoms with E-state index in [4.69, 9.17) is 92.3 Å². The summed E-state index contributed by atoms with van der Waals surface area (Å²) >= 11 is 18.0. The molecular formula is C54H56Cl3NO18. The Labute approximate surface area is 453 Å². The number of esters is 7. The van der Waals surface area contributed by atoms with E-state index >= 15 is 0 Å². The lowest BCUT2D eigenvalue weighted by Gasteiger charge is -2.32. The summed E-state index contributed by atoms with van der Waals surface area (Å²) in [6.07, 6.45) is -18.1. The maximum atomic E-state index is 14.3. The van der Waals surface area contributed by atoms with E-state index in [0.29, 0.717) is 0 Å². The van der Waals surface area contributed by atoms with Gasteiger partial charge in [0.1, 0.15) is 31.5 Å². The van der Waals surface area contributed by atoms with Crippen LogP contribution >= 0.6 is 34.8 Å². The third-order valence-corrected chi connectivity index (χ3v) is 11.8. The molecule has 22 heteroatoms. The molecular weight excluding hydrogens is 1060 g/mol. The van der Waals surface area contributed by atoms with Crippen LogP contribution in [-0.2, 0) is 66.5 Å². The van der Waals surface area contributed by atoms with Crippen LogP contribution in [0.1, 0.15) is 89.9 Å². The summed E-state index contributed by atoms with van der Waals surface area (Å²) in [5.74, 6) is -7.41. The van der Waals surface area contributed by atoms with E-state index in [9.17, 15) is 33.6 Å². The van der Waals surface area contributed by atoms with Crippen molar-refractivity contribution < 1.29 is 85.7 Å². The van der Waals surface area contributed by atoms with Gasteiger partial charge in [-0.15, -0.1) is 0 Å². The molecule has 4 aromatic rings. The molecule has 0 aliphatic carbocycles. The summed E-state index contributed by atoms with van der Waals surface area (Å²) in [5.41, 5.74) is -2.14. The van der Waals surface area contributed by atoms with Gasteiger partial charge in [0.05, 0.1) is 33.1 Å². The van der Waals surface area contributed by atoms with Gasteiger partial charge in [0.25, 0.3) is 3.79 Å². The number of carbonyl (C=O) groups excluding carboxylic acids is 7. The van der Waals surface area contributed by atoms with Crippen LogP contribution in [0.2, 0.25) is 0 Å². The monoisotopic (exact) mass is 1110 g/mol. The normalized spacial score (nSPS) is 22.2. The number of rotatable bonds is 18. The van der Waals surface area contributed by atoms with Crippen LogP contribution in [0, 0.1) is 16.2 Å². The zero-order chi connectivity index (χ0) is 55.5. The lowest BCUT2D eigenvalue weighted by Crippen LogP contribution is -2.50. The fourth-order valence-electron chi connectivity index (χ4n) is 7.38. The fraction of sp³-hybridized carbons (Fsp3) is 0.407. The Morgan fingerprint density at radius 2 is 0.882 bits per heavy atom. The molecule has 19 nitrogen and oxygen atoms in total. The Hall–Kier alpha value is -6.61. The molecule has 6 rings (SSSR count). The van der Waals surface area contributed by atoms with Crippen molar-refractivity contribution in [1.29, 1.82) is 5.41 Å². The third kappa shape index (κ3) is 15.7. The second-order valence-corrected chi connectivity index (χ2v) is 21.6. The fourth-order valence-corrected chi connectivity index (χ4v) is 7.51. The van der Waals surface area contributed by atoms with Crippen LogP contribution in [0.15, 0.2) is 121 Å². The van der Waals surface area contributed by atoms with Crippen molar-refractivity contribution in [3.05, 3.63) is 144 Å². The lowest BCUT2D eigenvalue weighted by molar-refractivity contribution is -0.242. The molecule has 2 aliphatic rings. The first kappa shape index (κ1) is 58.6. The van der Waals surface area contributed by atoms with E-state index < -0.39 is 137 Å². The molecule has 2 fully saturated rings. The van der Waals surface area contributed by atoms with Crippen LogP contribution in [0.4, 0.5) is 0 Å². The Bertz CT molecular complexity index is 2680. The van der Waals surface area contributed by atoms with Gasteiger partial charge in [0.15, 0.2) is 30.7 Å². The first-order valence-electron chi connectivity index (χ1n) is 23.7. The van der Waals surface area contributed by atoms with E-state index in [1.165, 1.54) is 69.3 Å². The van der Waals surface area contributed by atoms with Crippen molar-refractivity contribution in [2.45, 2.75) is 114 Å². The number of benzene rings is 4. The highest BCUT2D eigenvalue weighted by Gasteiger charge is 2.60. The molecule has 0 bridgehead atoms. The topological polar surface area (TPSA) is 245 Å². The summed E-state index contributed by atoms with van der Waals surface area (Å²) in [7, 11) is 0. The minimum atomic E-state index is -2.50. The zero-order valence-electron chi connectivity index (χ0n) is 42.2. The number of hydrogen-bond donors (Lipinski definition) is 1. The van der Waals surface area contributed by atoms with Crippen molar-refractivity contribution in [1.82, 2.24) is 0 Å². The van der Waals surface area contributed by atoms with Gasteiger partial charge in [-0.05, 0) is 90.1 Å². The van der Waals surface area contributed by atoms with Crippen LogP contribution in [0.25, 0.3) is 0 Å². The molecule has 1 N–H and O–H groups in total. The van der Waals surface area contributed by atoms with Gasteiger partial charge in [-0.2, -0.15) is 0 Å². The largest absolute Gasteiger partial charge is 0.462 e. The summed E-state index contributed by atoms with van der Waals surface area (Å²) in [6, 6.07) is 30.9. The molecule has 406 valence electrons. The highest BCUT2D eigenvalue weighted by molar-refractivity contribution is 6.76. The van der Waals surface area contributed by atoms with Gasteiger partial charge in [-0.1, -0.05) is 108 Å². The highest BCUT2D eigenvalue weighted by atomic mass is 35.6. The summed E-state index contributed by atoms with van der Waals surface area (Å²) in [4.78, 5) is 96.2. The Morgan fingerprint density at radius 1 is 0.487 bits per heavy atom. The van der Waals surface area contributed by atoms with E-state index in [2.05, 4.69) is 0 Å². The zero-order valence-corrected chi connectivity index (χ0v) is 44.5. The molecule has 0 aromatic heterocycles. The highest BCUT2D eigenvalue weighted by Crippen LogP contribution is 2.39. The first-order chi connectivity index (χ1) is 35.8. The number of carbonyl (C=O) groups is 7. The van der Waals surface area contributed by atoms with E-state index in [0.717, 1.165) is 6.92 Å². The Kier molecular flexibility index (Phi) is 19.7. The van der Waals surface area contributed by atoms with E-state index in [-0.39, 0.29) is 22.3 Å². The summed E-state index contributed by atoms with van der Waals surface area (Å²) < 4.78 is 64.3. The maximum Gasteiger partial charge on any atom is 0.338 e. The second kappa shape index (κ2) is 25.5. The predicted molar refractivity (Wildman–Crippen MR) is 270 cm³/mol. The average molecular weight is 1110 g/mol. The number of hydrogen-bond acceptors (Lipinski definition) is 19. The molecule has 0 radical (unpaired) electrons. The molecule has 2 heterocycles. The van der Waals surface area contributed by atoms with Crippen LogP contribution < -0.4 is 0 Å². The number of ether oxygens (including phenoxy) is 11. The van der Waals surface area contributed by atoms with Crippen molar-refractivity contribution in [2.24, 2.45) is 10.8 Å². The lowest BCUT2D eigenvalue weighted by atomic mass is 9.97. The Morgan fingerprint density at radius 3 is 1.34 bits per heavy atom. The molecule has 10 atom stereocenters. The molecule has 4 aromatic carbocycles. The standard InChI is InChI=1S/C54H56Cl3NO18/c1-30(59)68-39-38(74-48(76-49(58)54(55,56)57)42(39)75-51(65)53(5,6)7)36(29-67-50(64)52(2,3)4)70-47-41(72-46(63)34-26-18-11-19-27-34)40(71-45(62)33-24-16-10-17-25-33)37(73-47)35(69-44(61)32-22-14-9-15-23-32)28-66-43(60)31-20-12-8-13-21-31/h8-27,35-42,47-48,58H,28-29H2,1-7H3/t35-,36-,37+,38+,39+,40+,41-,42-,47-,48+/m1/s1. The SMILES string of the molecule is CC(=O)O[C@H]1[C@H]([C@@H](COC(=O)C(C)(C)C)O[C@@H]2O[C@@H]([C@@H](COC(=O)c3ccccc3)OC(=O)c3ccccc3)[C@H](OC(=O)c3ccccc3)[C@H]2OC(=O)c2ccccc2)O[C@@H](OC(=N)C(Cl)(Cl)Cl)[C@@H]1OC(=O)C(C)(C)C. The molecule has 2 aliphatic heterocycles. The van der Waals surface area contributed by atoms with Crippen LogP contribution in [-0.4, -0.2) is 126 Å². The minimum Gasteiger partial charge on any atom is -0.462 e. The third-order valence-electron chi connectivity index (χ3n) is 11.3. The molecule has 0 saturated carbocycles. The van der Waals surface area contributed by atoms with Crippen molar-refractivity contribution in [2.75, 3.05) is 13.2 Å². The van der Waals surface area contributed by atoms with Gasteiger partial charge in [-0.25, -0.2) is 19.2 Å². The van der Waals surface area contributed by atoms with Gasteiger partial charge in [0.2, 0.25) is 18.3 Å². The van der Waals surface area contributed by atoms with Gasteiger partial charge in [-0.3, -0.25) is 19.8 Å². The Balaban J connectivity index is 1.52. The average Bonchev–Trinajstić information content (AvgIpc) is 3.89. The maximum absolute atomic E-state index is 14.3. The van der Waals surface area contributed by atoms with Gasteiger partial charge < -0.3 is 52.1 Å². The second-order valence-electron chi connectivity index (χ2n) is 19.3. The van der Waals surface area contributed by atoms with Crippen molar-refractivity contribution in [3.63, 3.8) is 0 Å². The molecule has 76 heavy (non-hydrogen) atoms. The van der Waals surface area contributed by atoms with Crippen LogP contribution in [0.5, 0.6) is 0 Å². The first-order valence-corrected chi connectivity index (χ1v) is 24.8. The number of nitrogens with one attached hydrogen (secondary N) is 1. The number of alkyl halides is 3. The quantitative estimate of drug-likeness (QED) is 0.0324. The van der Waals surface area contributed by atoms with E-state index in [1.807, 2.05) is 0 Å². The van der Waals surface area contributed by atoms with Gasteiger partial charge >= 0.3 is 41.8 Å².